The van der Waals surface area contributed by atoms with Crippen molar-refractivity contribution in [2.24, 2.45) is 10.9 Å². The van der Waals surface area contributed by atoms with E-state index in [0.717, 1.165) is 0 Å². The summed E-state index contributed by atoms with van der Waals surface area (Å²) in [5.41, 5.74) is 6.41. The topological polar surface area (TPSA) is 83.1 Å². The van der Waals surface area contributed by atoms with Crippen LogP contribution in [-0.4, -0.2) is 26.0 Å². The third-order valence-corrected chi connectivity index (χ3v) is 3.60. The van der Waals surface area contributed by atoms with Crippen LogP contribution in [0.25, 0.3) is 0 Å². The van der Waals surface area contributed by atoms with Crippen LogP contribution in [0.2, 0.25) is 10.0 Å². The fraction of sp³-hybridized carbons (Fsp3) is 0.125. The fourth-order valence-corrected chi connectivity index (χ4v) is 2.36. The monoisotopic (exact) mass is 368 g/mol. The van der Waals surface area contributed by atoms with Crippen LogP contribution in [0.5, 0.6) is 11.5 Å². The van der Waals surface area contributed by atoms with Crippen molar-refractivity contribution in [1.29, 1.82) is 0 Å². The normalized spacial score (nSPS) is 11.1. The van der Waals surface area contributed by atoms with Crippen molar-refractivity contribution in [3.05, 3.63) is 57.6 Å². The van der Waals surface area contributed by atoms with Gasteiger partial charge in [0, 0.05) is 10.6 Å². The molecule has 0 fully saturated rings. The molecular formula is C16H14Cl2N2O4. The van der Waals surface area contributed by atoms with E-state index in [0.29, 0.717) is 27.1 Å². The van der Waals surface area contributed by atoms with Crippen LogP contribution in [0.15, 0.2) is 41.6 Å². The third kappa shape index (κ3) is 4.10. The Morgan fingerprint density at radius 2 is 1.75 bits per heavy atom. The lowest BCUT2D eigenvalue weighted by Crippen LogP contribution is -2.15. The molecule has 24 heavy (non-hydrogen) atoms. The summed E-state index contributed by atoms with van der Waals surface area (Å²) in [5.74, 6) is 0.129. The number of rotatable bonds is 5. The molecule has 2 N–H and O–H groups in total. The average Bonchev–Trinajstić information content (AvgIpc) is 2.58. The van der Waals surface area contributed by atoms with Crippen LogP contribution in [0.3, 0.4) is 0 Å². The van der Waals surface area contributed by atoms with E-state index >= 15 is 0 Å². The largest absolute Gasteiger partial charge is 0.493 e. The maximum absolute atomic E-state index is 12.1. The van der Waals surface area contributed by atoms with Gasteiger partial charge >= 0.3 is 5.97 Å². The first kappa shape index (κ1) is 17.9. The molecule has 2 aromatic carbocycles. The van der Waals surface area contributed by atoms with Gasteiger partial charge in [-0.25, -0.2) is 4.79 Å². The maximum Gasteiger partial charge on any atom is 0.365 e. The van der Waals surface area contributed by atoms with Crippen molar-refractivity contribution in [3.63, 3.8) is 0 Å². The highest BCUT2D eigenvalue weighted by atomic mass is 35.5. The lowest BCUT2D eigenvalue weighted by molar-refractivity contribution is 0.0515. The lowest BCUT2D eigenvalue weighted by atomic mass is 10.2. The Bertz CT molecular complexity index is 794. The summed E-state index contributed by atoms with van der Waals surface area (Å²) in [6.45, 7) is 0. The van der Waals surface area contributed by atoms with Gasteiger partial charge in [0.2, 0.25) is 0 Å². The van der Waals surface area contributed by atoms with E-state index in [4.69, 9.17) is 43.2 Å². The number of ether oxygens (including phenoxy) is 2. The number of carbonyl (C=O) groups is 1. The second-order valence-electron chi connectivity index (χ2n) is 4.55. The molecular weight excluding hydrogens is 355 g/mol. The Morgan fingerprint density at radius 3 is 2.38 bits per heavy atom. The standard InChI is InChI=1S/C16H14Cl2N2O4/c1-22-13-6-3-9(7-14(13)23-2)16(21)24-20-15(19)11-5-4-10(17)8-12(11)18/h3-8H,1-2H3,(H2,19,20). The van der Waals surface area contributed by atoms with Gasteiger partial charge < -0.3 is 20.0 Å². The first-order chi connectivity index (χ1) is 11.5. The second-order valence-corrected chi connectivity index (χ2v) is 5.39. The number of nitrogens with zero attached hydrogens (tertiary/aromatic N) is 1. The molecule has 2 rings (SSSR count). The maximum atomic E-state index is 12.1. The highest BCUT2D eigenvalue weighted by Crippen LogP contribution is 2.28. The minimum atomic E-state index is -0.705. The summed E-state index contributed by atoms with van der Waals surface area (Å²) >= 11 is 11.8. The molecule has 2 aromatic rings. The number of halogens is 2. The van der Waals surface area contributed by atoms with E-state index < -0.39 is 5.97 Å². The molecule has 0 spiro atoms. The van der Waals surface area contributed by atoms with Crippen LogP contribution in [0.1, 0.15) is 15.9 Å². The van der Waals surface area contributed by atoms with Crippen molar-refractivity contribution < 1.29 is 19.1 Å². The van der Waals surface area contributed by atoms with E-state index in [1.54, 1.807) is 18.2 Å². The Balaban J connectivity index is 2.17. The van der Waals surface area contributed by atoms with Crippen LogP contribution in [-0.2, 0) is 4.84 Å². The van der Waals surface area contributed by atoms with Gasteiger partial charge in [0.25, 0.3) is 0 Å². The number of amidine groups is 1. The predicted molar refractivity (Wildman–Crippen MR) is 92.1 cm³/mol. The van der Waals surface area contributed by atoms with E-state index in [1.807, 2.05) is 0 Å². The number of oxime groups is 1. The van der Waals surface area contributed by atoms with Gasteiger partial charge in [-0.15, -0.1) is 0 Å². The molecule has 0 saturated heterocycles. The summed E-state index contributed by atoms with van der Waals surface area (Å²) in [6.07, 6.45) is 0. The molecule has 0 aliphatic rings. The lowest BCUT2D eigenvalue weighted by Gasteiger charge is -2.08. The molecule has 0 radical (unpaired) electrons. The zero-order valence-electron chi connectivity index (χ0n) is 12.9. The summed E-state index contributed by atoms with van der Waals surface area (Å²) in [4.78, 5) is 16.9. The number of benzene rings is 2. The molecule has 0 bridgehead atoms. The third-order valence-electron chi connectivity index (χ3n) is 3.05. The molecule has 0 heterocycles. The van der Waals surface area contributed by atoms with Gasteiger partial charge in [0.05, 0.1) is 24.8 Å². The molecule has 0 unspecified atom stereocenters. The quantitative estimate of drug-likeness (QED) is 0.378. The van der Waals surface area contributed by atoms with Gasteiger partial charge in [-0.3, -0.25) is 0 Å². The predicted octanol–water partition coefficient (Wildman–Crippen LogP) is 3.49. The highest BCUT2D eigenvalue weighted by molar-refractivity contribution is 6.36. The smallest absolute Gasteiger partial charge is 0.365 e. The Kier molecular flexibility index (Phi) is 5.89. The van der Waals surface area contributed by atoms with Gasteiger partial charge in [0.1, 0.15) is 0 Å². The molecule has 8 heteroatoms. The minimum absolute atomic E-state index is 0.0505. The summed E-state index contributed by atoms with van der Waals surface area (Å²) < 4.78 is 10.2. The zero-order chi connectivity index (χ0) is 17.7. The summed E-state index contributed by atoms with van der Waals surface area (Å²) in [5, 5.41) is 4.36. The van der Waals surface area contributed by atoms with Crippen molar-refractivity contribution in [2.45, 2.75) is 0 Å². The number of hydrogen-bond acceptors (Lipinski definition) is 5. The molecule has 126 valence electrons. The molecule has 6 nitrogen and oxygen atoms in total. The van der Waals surface area contributed by atoms with Gasteiger partial charge in [-0.05, 0) is 36.4 Å². The molecule has 0 saturated carbocycles. The Labute approximate surface area is 148 Å². The Morgan fingerprint density at radius 1 is 1.04 bits per heavy atom. The SMILES string of the molecule is COc1ccc(C(=O)O/N=C(\N)c2ccc(Cl)cc2Cl)cc1OC. The second kappa shape index (κ2) is 7.90. The van der Waals surface area contributed by atoms with Crippen molar-refractivity contribution in [3.8, 4) is 11.5 Å². The average molecular weight is 369 g/mol. The number of carbonyl (C=O) groups excluding carboxylic acids is 1. The van der Waals surface area contributed by atoms with Crippen LogP contribution in [0, 0.1) is 0 Å². The van der Waals surface area contributed by atoms with Gasteiger partial charge in [-0.1, -0.05) is 28.4 Å². The molecule has 0 aliphatic heterocycles. The van der Waals surface area contributed by atoms with Crippen molar-refractivity contribution in [1.82, 2.24) is 0 Å². The fourth-order valence-electron chi connectivity index (χ4n) is 1.85. The van der Waals surface area contributed by atoms with E-state index in [9.17, 15) is 4.79 Å². The van der Waals surface area contributed by atoms with Crippen molar-refractivity contribution in [2.75, 3.05) is 14.2 Å². The summed E-state index contributed by atoms with van der Waals surface area (Å²) in [6, 6.07) is 9.26. The van der Waals surface area contributed by atoms with Crippen LogP contribution >= 0.6 is 23.2 Å². The number of hydrogen-bond donors (Lipinski definition) is 1. The highest BCUT2D eigenvalue weighted by Gasteiger charge is 2.13. The number of nitrogens with two attached hydrogens (primary N) is 1. The molecule has 0 atom stereocenters. The summed E-state index contributed by atoms with van der Waals surface area (Å²) in [7, 11) is 2.96. The first-order valence-corrected chi connectivity index (χ1v) is 7.44. The molecule has 0 aliphatic carbocycles. The van der Waals surface area contributed by atoms with Crippen molar-refractivity contribution >= 4 is 35.0 Å². The first-order valence-electron chi connectivity index (χ1n) is 6.68. The zero-order valence-corrected chi connectivity index (χ0v) is 14.4. The van der Waals surface area contributed by atoms with Crippen LogP contribution < -0.4 is 15.2 Å². The van der Waals surface area contributed by atoms with Gasteiger partial charge in [0.15, 0.2) is 17.3 Å². The minimum Gasteiger partial charge on any atom is -0.493 e. The van der Waals surface area contributed by atoms with Gasteiger partial charge in [-0.2, -0.15) is 0 Å². The Hall–Kier alpha value is -2.44. The van der Waals surface area contributed by atoms with E-state index in [1.165, 1.54) is 32.4 Å². The van der Waals surface area contributed by atoms with E-state index in [2.05, 4.69) is 5.16 Å². The number of methoxy groups -OCH3 is 2. The van der Waals surface area contributed by atoms with E-state index in [-0.39, 0.29) is 11.4 Å². The molecule has 0 amide bonds. The van der Waals surface area contributed by atoms with Crippen LogP contribution in [0.4, 0.5) is 0 Å². The molecule has 0 aromatic heterocycles.